The van der Waals surface area contributed by atoms with E-state index < -0.39 is 0 Å². The second-order valence-corrected chi connectivity index (χ2v) is 7.12. The van der Waals surface area contributed by atoms with E-state index >= 15 is 0 Å². The summed E-state index contributed by atoms with van der Waals surface area (Å²) in [5.74, 6) is 1.45. The summed E-state index contributed by atoms with van der Waals surface area (Å²) < 4.78 is 7.07. The number of likely N-dealkylation sites (tertiary alicyclic amines) is 1. The van der Waals surface area contributed by atoms with Gasteiger partial charge in [-0.1, -0.05) is 12.1 Å². The van der Waals surface area contributed by atoms with Crippen LogP contribution in [0.3, 0.4) is 0 Å². The highest BCUT2D eigenvalue weighted by atomic mass is 16.5. The molecule has 7 heteroatoms. The van der Waals surface area contributed by atoms with Gasteiger partial charge in [-0.15, -0.1) is 0 Å². The Hall–Kier alpha value is -3.19. The molecule has 0 radical (unpaired) electrons. The number of methoxy groups -OCH3 is 1. The Bertz CT molecular complexity index is 917. The van der Waals surface area contributed by atoms with Crippen molar-refractivity contribution in [2.24, 2.45) is 0 Å². The van der Waals surface area contributed by atoms with E-state index in [1.54, 1.807) is 36.5 Å². The molecule has 4 rings (SSSR count). The Morgan fingerprint density at radius 3 is 2.59 bits per heavy atom. The molecule has 29 heavy (non-hydrogen) atoms. The van der Waals surface area contributed by atoms with Crippen LogP contribution in [0.1, 0.15) is 34.8 Å². The van der Waals surface area contributed by atoms with Gasteiger partial charge in [-0.05, 0) is 55.8 Å². The van der Waals surface area contributed by atoms with E-state index in [2.05, 4.69) is 32.3 Å². The third-order valence-corrected chi connectivity index (χ3v) is 5.32. The Morgan fingerprint density at radius 2 is 1.97 bits per heavy atom. The number of hydrogen-bond acceptors (Lipinski definition) is 5. The molecule has 150 valence electrons. The molecule has 1 aromatic carbocycles. The number of carbonyl (C=O) groups is 1. The number of benzene rings is 1. The standard InChI is InChI=1S/C22H25N5O2/c1-29-19-7-4-17(5-8-19)20(26-11-2-3-12-26)15-25-22(28)18-6-9-21(24-14-18)27-13-10-23-16-27/h4-10,13-14,16,20H,2-3,11-12,15H2,1H3,(H,25,28). The molecular weight excluding hydrogens is 366 g/mol. The number of ether oxygens (including phenoxy) is 1. The number of rotatable bonds is 7. The molecule has 1 N–H and O–H groups in total. The number of imidazole rings is 1. The van der Waals surface area contributed by atoms with Gasteiger partial charge < -0.3 is 10.1 Å². The zero-order chi connectivity index (χ0) is 20.1. The zero-order valence-electron chi connectivity index (χ0n) is 16.5. The monoisotopic (exact) mass is 391 g/mol. The van der Waals surface area contributed by atoms with Crippen LogP contribution < -0.4 is 10.1 Å². The van der Waals surface area contributed by atoms with Crippen molar-refractivity contribution >= 4 is 5.91 Å². The smallest absolute Gasteiger partial charge is 0.252 e. The van der Waals surface area contributed by atoms with E-state index in [1.165, 1.54) is 18.4 Å². The maximum Gasteiger partial charge on any atom is 0.252 e. The van der Waals surface area contributed by atoms with E-state index in [0.717, 1.165) is 24.7 Å². The molecule has 3 aromatic rings. The fourth-order valence-electron chi connectivity index (χ4n) is 3.70. The summed E-state index contributed by atoms with van der Waals surface area (Å²) in [6.45, 7) is 2.65. The number of hydrogen-bond donors (Lipinski definition) is 1. The maximum atomic E-state index is 12.7. The van der Waals surface area contributed by atoms with E-state index in [9.17, 15) is 4.79 Å². The first-order valence-corrected chi connectivity index (χ1v) is 9.85. The van der Waals surface area contributed by atoms with Crippen molar-refractivity contribution in [2.45, 2.75) is 18.9 Å². The van der Waals surface area contributed by atoms with E-state index in [4.69, 9.17) is 4.74 Å². The summed E-state index contributed by atoms with van der Waals surface area (Å²) in [6, 6.07) is 11.8. The van der Waals surface area contributed by atoms with Crippen molar-refractivity contribution in [3.05, 3.63) is 72.4 Å². The Labute approximate surface area is 170 Å². The van der Waals surface area contributed by atoms with Crippen molar-refractivity contribution in [3.63, 3.8) is 0 Å². The molecule has 0 spiro atoms. The van der Waals surface area contributed by atoms with Gasteiger partial charge >= 0.3 is 0 Å². The number of carbonyl (C=O) groups excluding carboxylic acids is 1. The molecule has 7 nitrogen and oxygen atoms in total. The van der Waals surface area contributed by atoms with Gasteiger partial charge in [0.15, 0.2) is 0 Å². The molecule has 1 aliphatic heterocycles. The minimum absolute atomic E-state index is 0.118. The van der Waals surface area contributed by atoms with Gasteiger partial charge in [0.25, 0.3) is 5.91 Å². The highest BCUT2D eigenvalue weighted by molar-refractivity contribution is 5.93. The number of nitrogens with one attached hydrogen (secondary N) is 1. The molecule has 0 bridgehead atoms. The number of pyridine rings is 1. The number of amides is 1. The van der Waals surface area contributed by atoms with Crippen LogP contribution in [0.5, 0.6) is 5.75 Å². The molecule has 2 aromatic heterocycles. The first-order valence-electron chi connectivity index (χ1n) is 9.85. The summed E-state index contributed by atoms with van der Waals surface area (Å²) in [5, 5.41) is 3.09. The largest absolute Gasteiger partial charge is 0.497 e. The maximum absolute atomic E-state index is 12.7. The van der Waals surface area contributed by atoms with Crippen LogP contribution in [0.25, 0.3) is 5.82 Å². The topological polar surface area (TPSA) is 72.3 Å². The third-order valence-electron chi connectivity index (χ3n) is 5.32. The molecular formula is C22H25N5O2. The molecule has 0 aliphatic carbocycles. The van der Waals surface area contributed by atoms with Crippen molar-refractivity contribution in [1.29, 1.82) is 0 Å². The lowest BCUT2D eigenvalue weighted by atomic mass is 10.0. The van der Waals surface area contributed by atoms with Crippen LogP contribution in [-0.4, -0.2) is 52.1 Å². The molecule has 1 unspecified atom stereocenters. The Balaban J connectivity index is 1.44. The van der Waals surface area contributed by atoms with Crippen molar-refractivity contribution in [1.82, 2.24) is 24.8 Å². The second-order valence-electron chi connectivity index (χ2n) is 7.12. The summed E-state index contributed by atoms with van der Waals surface area (Å²) in [5.41, 5.74) is 1.73. The predicted molar refractivity (Wildman–Crippen MR) is 110 cm³/mol. The van der Waals surface area contributed by atoms with E-state index in [1.807, 2.05) is 24.4 Å². The van der Waals surface area contributed by atoms with Crippen molar-refractivity contribution in [2.75, 3.05) is 26.7 Å². The molecule has 1 fully saturated rings. The molecule has 3 heterocycles. The lowest BCUT2D eigenvalue weighted by Gasteiger charge is -2.28. The highest BCUT2D eigenvalue weighted by Gasteiger charge is 2.24. The second kappa shape index (κ2) is 8.87. The fourth-order valence-corrected chi connectivity index (χ4v) is 3.70. The lowest BCUT2D eigenvalue weighted by molar-refractivity contribution is 0.0937. The predicted octanol–water partition coefficient (Wildman–Crippen LogP) is 2.84. The average molecular weight is 391 g/mol. The van der Waals surface area contributed by atoms with Gasteiger partial charge in [0.05, 0.1) is 18.7 Å². The Kier molecular flexibility index (Phi) is 5.86. The quantitative estimate of drug-likeness (QED) is 0.671. The van der Waals surface area contributed by atoms with Crippen molar-refractivity contribution < 1.29 is 9.53 Å². The van der Waals surface area contributed by atoms with Crippen LogP contribution in [0, 0.1) is 0 Å². The average Bonchev–Trinajstić information content (AvgIpc) is 3.49. The van der Waals surface area contributed by atoms with E-state index in [-0.39, 0.29) is 11.9 Å². The molecule has 0 saturated carbocycles. The summed E-state index contributed by atoms with van der Waals surface area (Å²) in [6.07, 6.45) is 9.18. The zero-order valence-corrected chi connectivity index (χ0v) is 16.5. The van der Waals surface area contributed by atoms with Gasteiger partial charge in [0.1, 0.15) is 17.9 Å². The third kappa shape index (κ3) is 4.46. The summed E-state index contributed by atoms with van der Waals surface area (Å²) in [4.78, 5) is 23.5. The minimum Gasteiger partial charge on any atom is -0.497 e. The summed E-state index contributed by atoms with van der Waals surface area (Å²) >= 11 is 0. The van der Waals surface area contributed by atoms with Gasteiger partial charge in [0, 0.05) is 25.1 Å². The van der Waals surface area contributed by atoms with E-state index in [0.29, 0.717) is 12.1 Å². The van der Waals surface area contributed by atoms with Gasteiger partial charge in [-0.25, -0.2) is 9.97 Å². The fraction of sp³-hybridized carbons (Fsp3) is 0.318. The van der Waals surface area contributed by atoms with Crippen molar-refractivity contribution in [3.8, 4) is 11.6 Å². The minimum atomic E-state index is -0.118. The summed E-state index contributed by atoms with van der Waals surface area (Å²) in [7, 11) is 1.67. The molecule has 1 atom stereocenters. The first-order chi connectivity index (χ1) is 14.2. The highest BCUT2D eigenvalue weighted by Crippen LogP contribution is 2.26. The van der Waals surface area contributed by atoms with Crippen LogP contribution >= 0.6 is 0 Å². The molecule has 1 saturated heterocycles. The normalized spacial score (nSPS) is 15.2. The van der Waals surface area contributed by atoms with Crippen LogP contribution in [0.4, 0.5) is 0 Å². The van der Waals surface area contributed by atoms with Crippen LogP contribution in [-0.2, 0) is 0 Å². The SMILES string of the molecule is COc1ccc(C(CNC(=O)c2ccc(-n3ccnc3)nc2)N2CCCC2)cc1. The number of nitrogens with zero attached hydrogens (tertiary/aromatic N) is 4. The Morgan fingerprint density at radius 1 is 1.17 bits per heavy atom. The molecule has 1 aliphatic rings. The number of aromatic nitrogens is 3. The lowest BCUT2D eigenvalue weighted by Crippen LogP contribution is -2.36. The van der Waals surface area contributed by atoms with Crippen LogP contribution in [0.15, 0.2) is 61.3 Å². The van der Waals surface area contributed by atoms with Gasteiger partial charge in [0.2, 0.25) is 0 Å². The first kappa shape index (κ1) is 19.1. The van der Waals surface area contributed by atoms with Gasteiger partial charge in [-0.3, -0.25) is 14.3 Å². The molecule has 1 amide bonds. The van der Waals surface area contributed by atoms with Crippen LogP contribution in [0.2, 0.25) is 0 Å². The van der Waals surface area contributed by atoms with Gasteiger partial charge in [-0.2, -0.15) is 0 Å².